The van der Waals surface area contributed by atoms with E-state index >= 15 is 0 Å². The molecule has 0 saturated carbocycles. The van der Waals surface area contributed by atoms with Gasteiger partial charge in [0.2, 0.25) is 5.91 Å². The van der Waals surface area contributed by atoms with Crippen LogP contribution in [0.1, 0.15) is 45.4 Å². The Balaban J connectivity index is 1.76. The summed E-state index contributed by atoms with van der Waals surface area (Å²) < 4.78 is 0. The number of nitrogens with zero attached hydrogens (tertiary/aromatic N) is 2. The minimum absolute atomic E-state index is 0.131. The summed E-state index contributed by atoms with van der Waals surface area (Å²) in [5.74, 6) is 0.131. The van der Waals surface area contributed by atoms with Gasteiger partial charge in [-0.3, -0.25) is 9.69 Å². The van der Waals surface area contributed by atoms with Crippen molar-refractivity contribution in [3.63, 3.8) is 0 Å². The zero-order chi connectivity index (χ0) is 15.1. The fraction of sp³-hybridized carbons (Fsp3) is 0.938. The van der Waals surface area contributed by atoms with Crippen molar-refractivity contribution in [2.24, 2.45) is 5.73 Å². The average molecular weight is 296 g/mol. The van der Waals surface area contributed by atoms with Gasteiger partial charge < -0.3 is 16.0 Å². The SMILES string of the molecule is CCNC(=O)CC(CN)N1CCC(N2CCCCC2)CC1. The first-order valence-electron chi connectivity index (χ1n) is 8.69. The van der Waals surface area contributed by atoms with E-state index in [4.69, 9.17) is 5.73 Å². The molecular formula is C16H32N4O. The number of carbonyl (C=O) groups is 1. The lowest BCUT2D eigenvalue weighted by atomic mass is 9.98. The van der Waals surface area contributed by atoms with E-state index in [-0.39, 0.29) is 11.9 Å². The lowest BCUT2D eigenvalue weighted by molar-refractivity contribution is -0.122. The lowest BCUT2D eigenvalue weighted by Gasteiger charge is -2.42. The number of hydrogen-bond donors (Lipinski definition) is 2. The second-order valence-electron chi connectivity index (χ2n) is 6.41. The van der Waals surface area contributed by atoms with Gasteiger partial charge in [-0.15, -0.1) is 0 Å². The van der Waals surface area contributed by atoms with Crippen LogP contribution >= 0.6 is 0 Å². The number of amides is 1. The van der Waals surface area contributed by atoms with Crippen LogP contribution in [0.4, 0.5) is 0 Å². The molecule has 2 heterocycles. The molecule has 2 aliphatic heterocycles. The Morgan fingerprint density at radius 2 is 1.86 bits per heavy atom. The Hall–Kier alpha value is -0.650. The van der Waals surface area contributed by atoms with Crippen molar-refractivity contribution in [1.29, 1.82) is 0 Å². The molecule has 0 bridgehead atoms. The van der Waals surface area contributed by atoms with Crippen molar-refractivity contribution < 1.29 is 4.79 Å². The highest BCUT2D eigenvalue weighted by Gasteiger charge is 2.29. The van der Waals surface area contributed by atoms with Crippen LogP contribution in [0.15, 0.2) is 0 Å². The summed E-state index contributed by atoms with van der Waals surface area (Å²) in [5.41, 5.74) is 5.89. The first kappa shape index (κ1) is 16.7. The Morgan fingerprint density at radius 1 is 1.19 bits per heavy atom. The first-order chi connectivity index (χ1) is 10.2. The van der Waals surface area contributed by atoms with Crippen molar-refractivity contribution in [3.05, 3.63) is 0 Å². The largest absolute Gasteiger partial charge is 0.356 e. The summed E-state index contributed by atoms with van der Waals surface area (Å²) in [4.78, 5) is 16.9. The molecule has 2 fully saturated rings. The van der Waals surface area contributed by atoms with Crippen LogP contribution in [0.5, 0.6) is 0 Å². The van der Waals surface area contributed by atoms with Gasteiger partial charge in [0.15, 0.2) is 0 Å². The van der Waals surface area contributed by atoms with Crippen LogP contribution in [0.25, 0.3) is 0 Å². The highest BCUT2D eigenvalue weighted by atomic mass is 16.1. The average Bonchev–Trinajstić information content (AvgIpc) is 2.54. The molecule has 122 valence electrons. The molecular weight excluding hydrogens is 264 g/mol. The number of nitrogens with two attached hydrogens (primary N) is 1. The van der Waals surface area contributed by atoms with Gasteiger partial charge in [0.25, 0.3) is 0 Å². The van der Waals surface area contributed by atoms with Gasteiger partial charge in [-0.1, -0.05) is 6.42 Å². The van der Waals surface area contributed by atoms with E-state index in [0.29, 0.717) is 19.5 Å². The summed E-state index contributed by atoms with van der Waals surface area (Å²) in [6.45, 7) is 7.97. The van der Waals surface area contributed by atoms with Crippen LogP contribution in [-0.2, 0) is 4.79 Å². The van der Waals surface area contributed by atoms with E-state index in [2.05, 4.69) is 15.1 Å². The van der Waals surface area contributed by atoms with Gasteiger partial charge >= 0.3 is 0 Å². The smallest absolute Gasteiger partial charge is 0.221 e. The molecule has 1 unspecified atom stereocenters. The topological polar surface area (TPSA) is 61.6 Å². The Morgan fingerprint density at radius 3 is 2.43 bits per heavy atom. The number of nitrogens with one attached hydrogen (secondary N) is 1. The van der Waals surface area contributed by atoms with Crippen LogP contribution in [0, 0.1) is 0 Å². The fourth-order valence-electron chi connectivity index (χ4n) is 3.74. The minimum Gasteiger partial charge on any atom is -0.356 e. The maximum absolute atomic E-state index is 11.8. The van der Waals surface area contributed by atoms with Gasteiger partial charge in [-0.2, -0.15) is 0 Å². The molecule has 1 amide bonds. The molecule has 5 nitrogen and oxygen atoms in total. The number of piperidine rings is 2. The molecule has 0 aromatic rings. The Kier molecular flexibility index (Phi) is 6.93. The van der Waals surface area contributed by atoms with E-state index in [1.165, 1.54) is 45.2 Å². The van der Waals surface area contributed by atoms with Gasteiger partial charge in [-0.05, 0) is 58.8 Å². The molecule has 3 N–H and O–H groups in total. The third-order valence-corrected chi connectivity index (χ3v) is 4.99. The molecule has 0 aliphatic carbocycles. The molecule has 21 heavy (non-hydrogen) atoms. The quantitative estimate of drug-likeness (QED) is 0.761. The monoisotopic (exact) mass is 296 g/mol. The normalized spacial score (nSPS) is 23.9. The van der Waals surface area contributed by atoms with Gasteiger partial charge in [0, 0.05) is 31.6 Å². The van der Waals surface area contributed by atoms with Crippen molar-refractivity contribution in [2.45, 2.75) is 57.5 Å². The molecule has 1 atom stereocenters. The van der Waals surface area contributed by atoms with E-state index in [1.54, 1.807) is 0 Å². The summed E-state index contributed by atoms with van der Waals surface area (Å²) in [6.07, 6.45) is 7.12. The zero-order valence-corrected chi connectivity index (χ0v) is 13.5. The maximum Gasteiger partial charge on any atom is 0.221 e. The van der Waals surface area contributed by atoms with Crippen LogP contribution < -0.4 is 11.1 Å². The van der Waals surface area contributed by atoms with E-state index in [0.717, 1.165) is 19.1 Å². The highest BCUT2D eigenvalue weighted by molar-refractivity contribution is 5.76. The summed E-state index contributed by atoms with van der Waals surface area (Å²) in [7, 11) is 0. The predicted octanol–water partition coefficient (Wildman–Crippen LogP) is 0.790. The number of rotatable bonds is 6. The molecule has 0 aromatic carbocycles. The molecule has 2 saturated heterocycles. The van der Waals surface area contributed by atoms with Crippen molar-refractivity contribution in [3.8, 4) is 0 Å². The molecule has 0 radical (unpaired) electrons. The first-order valence-corrected chi connectivity index (χ1v) is 8.69. The maximum atomic E-state index is 11.8. The standard InChI is InChI=1S/C16H32N4O/c1-2-18-16(21)12-15(13-17)20-10-6-14(7-11-20)19-8-4-3-5-9-19/h14-15H,2-13,17H2,1H3,(H,18,21). The molecule has 2 aliphatic rings. The third-order valence-electron chi connectivity index (χ3n) is 4.99. The van der Waals surface area contributed by atoms with Gasteiger partial charge in [0.1, 0.15) is 0 Å². The summed E-state index contributed by atoms with van der Waals surface area (Å²) >= 11 is 0. The second kappa shape index (κ2) is 8.71. The predicted molar refractivity (Wildman–Crippen MR) is 86.2 cm³/mol. The van der Waals surface area contributed by atoms with E-state index in [9.17, 15) is 4.79 Å². The summed E-state index contributed by atoms with van der Waals surface area (Å²) in [6, 6.07) is 0.961. The Bertz CT molecular complexity index is 309. The third kappa shape index (κ3) is 4.94. The van der Waals surface area contributed by atoms with E-state index in [1.807, 2.05) is 6.92 Å². The van der Waals surface area contributed by atoms with Crippen molar-refractivity contribution in [1.82, 2.24) is 15.1 Å². The number of hydrogen-bond acceptors (Lipinski definition) is 4. The van der Waals surface area contributed by atoms with Crippen molar-refractivity contribution >= 4 is 5.91 Å². The second-order valence-corrected chi connectivity index (χ2v) is 6.41. The van der Waals surface area contributed by atoms with Gasteiger partial charge in [-0.25, -0.2) is 0 Å². The molecule has 5 heteroatoms. The lowest BCUT2D eigenvalue weighted by Crippen LogP contribution is -2.52. The van der Waals surface area contributed by atoms with Crippen molar-refractivity contribution in [2.75, 3.05) is 39.3 Å². The molecule has 2 rings (SSSR count). The number of likely N-dealkylation sites (tertiary alicyclic amines) is 2. The fourth-order valence-corrected chi connectivity index (χ4v) is 3.74. The molecule has 0 spiro atoms. The minimum atomic E-state index is 0.131. The van der Waals surface area contributed by atoms with Crippen LogP contribution in [0.2, 0.25) is 0 Å². The zero-order valence-electron chi connectivity index (χ0n) is 13.5. The van der Waals surface area contributed by atoms with Gasteiger partial charge in [0.05, 0.1) is 0 Å². The summed E-state index contributed by atoms with van der Waals surface area (Å²) in [5, 5.41) is 2.88. The molecule has 0 aromatic heterocycles. The number of carbonyl (C=O) groups excluding carboxylic acids is 1. The highest BCUT2D eigenvalue weighted by Crippen LogP contribution is 2.22. The van der Waals surface area contributed by atoms with Crippen LogP contribution in [0.3, 0.4) is 0 Å². The van der Waals surface area contributed by atoms with E-state index < -0.39 is 0 Å². The Labute approximate surface area is 129 Å². The van der Waals surface area contributed by atoms with Crippen LogP contribution in [-0.4, -0.2) is 67.1 Å².